The molecule has 3 aliphatic rings. The van der Waals surface area contributed by atoms with E-state index in [9.17, 15) is 39.7 Å². The molecule has 1 aromatic carbocycles. The van der Waals surface area contributed by atoms with Crippen LogP contribution in [0.3, 0.4) is 0 Å². The smallest absolute Gasteiger partial charge is 0.304 e. The number of ether oxygens (including phenoxy) is 1. The number of amides is 12. The van der Waals surface area contributed by atoms with Crippen molar-refractivity contribution < 1.29 is 87.6 Å². The Kier molecular flexibility index (Phi) is 29.2. The molecule has 31 heteroatoms. The highest BCUT2D eigenvalue weighted by Crippen LogP contribution is 2.52. The molecular formula is C71H117N13O18. The van der Waals surface area contributed by atoms with Crippen LogP contribution in [0.4, 0.5) is 5.69 Å². The Labute approximate surface area is 601 Å². The van der Waals surface area contributed by atoms with Crippen LogP contribution in [0, 0.1) is 41.4 Å². The average molecular weight is 1440 g/mol. The van der Waals surface area contributed by atoms with Gasteiger partial charge in [0.25, 0.3) is 12.1 Å². The van der Waals surface area contributed by atoms with Crippen LogP contribution in [0.2, 0.25) is 0 Å². The van der Waals surface area contributed by atoms with Crippen molar-refractivity contribution in [2.24, 2.45) is 41.4 Å². The zero-order valence-electron chi connectivity index (χ0n) is 64.7. The predicted molar refractivity (Wildman–Crippen MR) is 376 cm³/mol. The number of aliphatic hydroxyl groups excluding tert-OH is 1. The number of carbonyl (C=O) groups excluding carboxylic acids is 13. The lowest BCUT2D eigenvalue weighted by molar-refractivity contribution is -0.174. The maximum atomic E-state index is 15.5. The summed E-state index contributed by atoms with van der Waals surface area (Å²) in [6.07, 6.45) is -5.17. The van der Waals surface area contributed by atoms with Crippen LogP contribution in [-0.2, 0) is 72.7 Å². The number of nitrogens with zero attached hydrogens (tertiary/aromatic N) is 11. The third kappa shape index (κ3) is 17.9. The summed E-state index contributed by atoms with van der Waals surface area (Å²) in [7, 11) is 11.4. The summed E-state index contributed by atoms with van der Waals surface area (Å²) >= 11 is 0. The molecule has 31 nitrogen and oxygen atoms in total. The molecule has 0 aromatic heterocycles. The summed E-state index contributed by atoms with van der Waals surface area (Å²) in [5.41, 5.74) is -3.96. The van der Waals surface area contributed by atoms with Crippen LogP contribution in [0.5, 0.6) is 0 Å². The predicted octanol–water partition coefficient (Wildman–Crippen LogP) is 0.724. The lowest BCUT2D eigenvalue weighted by Gasteiger charge is -2.43. The van der Waals surface area contributed by atoms with Gasteiger partial charge in [-0.1, -0.05) is 121 Å². The number of fused-ring (bicyclic) bond motifs is 5. The van der Waals surface area contributed by atoms with Gasteiger partial charge in [-0.2, -0.15) is 0 Å². The summed E-state index contributed by atoms with van der Waals surface area (Å²) in [6.45, 7) is 24.6. The first-order valence-corrected chi connectivity index (χ1v) is 35.1. The topological polar surface area (TPSA) is 372 Å². The lowest BCUT2D eigenvalue weighted by Crippen LogP contribution is -2.65. The first kappa shape index (κ1) is 86.4. The summed E-state index contributed by atoms with van der Waals surface area (Å²) in [6, 6.07) is -7.24. The van der Waals surface area contributed by atoms with E-state index in [1.165, 1.54) is 99.0 Å². The first-order valence-electron chi connectivity index (χ1n) is 35.1. The molecule has 0 spiro atoms. The van der Waals surface area contributed by atoms with Gasteiger partial charge < -0.3 is 79.7 Å². The number of aliphatic hydroxyl groups is 3. The number of likely N-dealkylation sites (N-methyl/N-ethyl adjacent to an activating group) is 9. The van der Waals surface area contributed by atoms with Gasteiger partial charge in [-0.15, -0.1) is 0 Å². The molecule has 0 aliphatic carbocycles. The van der Waals surface area contributed by atoms with E-state index in [1.807, 2.05) is 0 Å². The van der Waals surface area contributed by atoms with Gasteiger partial charge in [-0.05, 0) is 62.3 Å². The van der Waals surface area contributed by atoms with Crippen molar-refractivity contribution in [1.29, 1.82) is 0 Å². The van der Waals surface area contributed by atoms with E-state index in [-0.39, 0.29) is 17.7 Å². The third-order valence-corrected chi connectivity index (χ3v) is 20.8. The molecule has 2 saturated heterocycles. The summed E-state index contributed by atoms with van der Waals surface area (Å²) in [5.74, 6) is -17.1. The number of benzene rings is 1. The maximum Gasteiger partial charge on any atom is 0.304 e. The second-order valence-electron chi connectivity index (χ2n) is 30.3. The van der Waals surface area contributed by atoms with Gasteiger partial charge in [0.05, 0.1) is 30.5 Å². The molecule has 1 aromatic rings. The van der Waals surface area contributed by atoms with Gasteiger partial charge in [0.1, 0.15) is 60.0 Å². The minimum atomic E-state index is -2.19. The molecule has 3 heterocycles. The van der Waals surface area contributed by atoms with Gasteiger partial charge in [-0.25, -0.2) is 5.06 Å². The van der Waals surface area contributed by atoms with Crippen molar-refractivity contribution in [2.45, 2.75) is 221 Å². The molecule has 3 aliphatic heterocycles. The number of esters is 1. The van der Waals surface area contributed by atoms with Crippen LogP contribution in [0.25, 0.3) is 0 Å². The van der Waals surface area contributed by atoms with Crippen LogP contribution in [0.1, 0.15) is 143 Å². The minimum Gasteiger partial charge on any atom is -0.432 e. The Morgan fingerprint density at radius 3 is 1.45 bits per heavy atom. The quantitative estimate of drug-likeness (QED) is 0.157. The van der Waals surface area contributed by atoms with Crippen LogP contribution < -0.4 is 15.7 Å². The van der Waals surface area contributed by atoms with E-state index in [0.717, 1.165) is 55.3 Å². The molecule has 6 N–H and O–H groups in total. The molecule has 0 saturated carbocycles. The van der Waals surface area contributed by atoms with Crippen molar-refractivity contribution in [2.75, 3.05) is 81.6 Å². The summed E-state index contributed by atoms with van der Waals surface area (Å²) in [5, 5.41) is 53.8. The van der Waals surface area contributed by atoms with E-state index in [2.05, 4.69) is 10.6 Å². The number of hydrogen-bond donors (Lipinski definition) is 6. The molecule has 0 radical (unpaired) electrons. The van der Waals surface area contributed by atoms with Crippen molar-refractivity contribution in [3.63, 3.8) is 0 Å². The van der Waals surface area contributed by atoms with Crippen molar-refractivity contribution in [3.8, 4) is 0 Å². The Morgan fingerprint density at radius 2 is 0.971 bits per heavy atom. The fourth-order valence-corrected chi connectivity index (χ4v) is 14.4. The minimum absolute atomic E-state index is 0.115. The van der Waals surface area contributed by atoms with Gasteiger partial charge in [0.2, 0.25) is 65.0 Å². The average Bonchev–Trinajstić information content (AvgIpc) is 1.54. The highest BCUT2D eigenvalue weighted by Gasteiger charge is 2.64. The number of anilines is 1. The lowest BCUT2D eigenvalue weighted by atomic mass is 9.90. The number of rotatable bonds is 12. The third-order valence-electron chi connectivity index (χ3n) is 20.8. The van der Waals surface area contributed by atoms with Gasteiger partial charge in [0, 0.05) is 88.3 Å². The van der Waals surface area contributed by atoms with Crippen LogP contribution in [-0.4, -0.2) is 301 Å². The molecule has 574 valence electrons. The van der Waals surface area contributed by atoms with Crippen molar-refractivity contribution in [3.05, 3.63) is 29.8 Å². The fraction of sp³-hybridized carbons (Fsp3) is 0.732. The number of para-hydroxylation sites is 1. The van der Waals surface area contributed by atoms with Crippen molar-refractivity contribution in [1.82, 2.24) is 59.6 Å². The molecule has 12 amide bonds. The fourth-order valence-electron chi connectivity index (χ4n) is 14.4. The Hall–Kier alpha value is -8.03. The van der Waals surface area contributed by atoms with Crippen LogP contribution in [0.15, 0.2) is 24.3 Å². The highest BCUT2D eigenvalue weighted by atomic mass is 16.6. The van der Waals surface area contributed by atoms with Crippen LogP contribution >= 0.6 is 0 Å². The zero-order valence-corrected chi connectivity index (χ0v) is 64.7. The second-order valence-corrected chi connectivity index (χ2v) is 30.3. The molecular weight excluding hydrogens is 1320 g/mol. The van der Waals surface area contributed by atoms with Crippen molar-refractivity contribution >= 4 is 82.5 Å². The van der Waals surface area contributed by atoms with E-state index in [4.69, 9.17) is 4.74 Å². The van der Waals surface area contributed by atoms with Gasteiger partial charge in [-0.3, -0.25) is 67.5 Å². The van der Waals surface area contributed by atoms with Gasteiger partial charge in [0.15, 0.2) is 6.17 Å². The molecule has 102 heavy (non-hydrogen) atoms. The standard InChI is InChI=1S/C71H117N13O18/c1-27-40(11)51-62(93)78(22)54(39(9)10)65(96)79(23)53(38(7)8)63(94)74(18)34-48(87)76(20)57(70(16,17)99)67(98)81(25)56(42(13)43(14)85)66(97)82(26)68(102-44(15)86)59(90)72-50(36(3)4)61(92)80(24)55(41(12)28-2)64(95)75(19)35-49(88)83-47(60(91)77(21)52(37(5)6)58(89)73-51)33-71(100)45-31-29-30-32-46(45)84(101)69(71)83/h29-32,36-43,47,50-57,68-69,85,99-101H,27-28,33-35H2,1-26H3,(H,72,90)(H,73,89). The number of nitrogens with one attached hydrogen (secondary N) is 2. The molecule has 16 atom stereocenters. The molecule has 2 fully saturated rings. The Bertz CT molecular complexity index is 3270. The SMILES string of the molecule is CCC(C)C1NC(=O)C(C(C)C)N(C)C(=O)C2CC3(O)c4ccccc4N(O)C3N2C(=O)CN(C)C(=O)C(C(C)CC)N(C)C(=O)C(C(C)C)NC(=O)C(OC(C)=O)N(C)C(=O)C(C(C)C(C)O)N(C)C(=O)C(C(C)(C)O)N(C)C(=O)CN(C)C(=O)C(C(C)C)N(C)C(=O)C(C(C)C)N(C)C1=O. The first-order chi connectivity index (χ1) is 47.0. The zero-order chi connectivity index (χ0) is 78.5. The van der Waals surface area contributed by atoms with E-state index < -0.39 is 222 Å². The van der Waals surface area contributed by atoms with E-state index in [0.29, 0.717) is 16.4 Å². The summed E-state index contributed by atoms with van der Waals surface area (Å²) < 4.78 is 5.50. The number of hydrogen-bond acceptors (Lipinski definition) is 19. The Balaban J connectivity index is 2.02. The normalized spacial score (nSPS) is 28.6. The number of carbonyl (C=O) groups is 13. The summed E-state index contributed by atoms with van der Waals surface area (Å²) in [4.78, 5) is 204. The van der Waals surface area contributed by atoms with E-state index >= 15 is 43.2 Å². The Morgan fingerprint density at radius 1 is 0.539 bits per heavy atom. The monoisotopic (exact) mass is 1440 g/mol. The highest BCUT2D eigenvalue weighted by molar-refractivity contribution is 6.00. The van der Waals surface area contributed by atoms with Gasteiger partial charge >= 0.3 is 5.97 Å². The maximum absolute atomic E-state index is 15.5. The van der Waals surface area contributed by atoms with E-state index in [1.54, 1.807) is 95.2 Å². The second kappa shape index (κ2) is 34.5. The number of hydroxylamine groups is 1. The molecule has 16 unspecified atom stereocenters. The molecule has 4 rings (SSSR count). The molecule has 0 bridgehead atoms. The largest absolute Gasteiger partial charge is 0.432 e.